The molecular weight excluding hydrogens is 576 g/mol. The van der Waals surface area contributed by atoms with Gasteiger partial charge in [-0.15, -0.1) is 0 Å². The Kier molecular flexibility index (Phi) is 35.9. The topological polar surface area (TPSA) is 60.7 Å². The van der Waals surface area contributed by atoms with E-state index in [-0.39, 0.29) is 0 Å². The molecule has 0 saturated heterocycles. The Morgan fingerprint density at radius 1 is 0.277 bits per heavy atom. The smallest absolute Gasteiger partial charge is 0.115 e. The minimum Gasteiger partial charge on any atom is -0.508 e. The summed E-state index contributed by atoms with van der Waals surface area (Å²) in [6.45, 7) is 20.7. The van der Waals surface area contributed by atoms with E-state index in [9.17, 15) is 0 Å². The zero-order chi connectivity index (χ0) is 36.1. The molecule has 0 unspecified atom stereocenters. The summed E-state index contributed by atoms with van der Waals surface area (Å²) in [5.41, 5.74) is 5.71. The van der Waals surface area contributed by atoms with E-state index in [1.54, 1.807) is 72.8 Å². The lowest BCUT2D eigenvalue weighted by Gasteiger charge is -1.97. The predicted octanol–water partition coefficient (Wildman–Crippen LogP) is 12.9. The summed E-state index contributed by atoms with van der Waals surface area (Å²) in [6.07, 6.45) is 4.57. The van der Waals surface area contributed by atoms with Crippen LogP contribution in [-0.2, 0) is 25.7 Å². The molecule has 5 aromatic carbocycles. The molecule has 0 saturated carbocycles. The number of phenolic OH excluding ortho intramolecular Hbond substituents is 3. The maximum absolute atomic E-state index is 8.63. The van der Waals surface area contributed by atoms with Crippen molar-refractivity contribution < 1.29 is 15.3 Å². The van der Waals surface area contributed by atoms with Crippen LogP contribution in [0.5, 0.6) is 17.2 Å². The number of rotatable bonds is 4. The summed E-state index contributed by atoms with van der Waals surface area (Å²) in [6, 6.07) is 43.8. The summed E-state index contributed by atoms with van der Waals surface area (Å²) in [5.74, 6) is 0.965. The summed E-state index contributed by atoms with van der Waals surface area (Å²) >= 11 is 0. The molecule has 3 heteroatoms. The van der Waals surface area contributed by atoms with Crippen LogP contribution in [0.3, 0.4) is 0 Å². The molecule has 0 bridgehead atoms. The van der Waals surface area contributed by atoms with Gasteiger partial charge in [0.15, 0.2) is 0 Å². The van der Waals surface area contributed by atoms with Crippen LogP contribution in [0.4, 0.5) is 0 Å². The second-order valence-electron chi connectivity index (χ2n) is 9.05. The molecule has 3 N–H and O–H groups in total. The molecular formula is C44H64O3. The lowest BCUT2D eigenvalue weighted by atomic mass is 10.1. The van der Waals surface area contributed by atoms with E-state index in [2.05, 4.69) is 76.2 Å². The fourth-order valence-electron chi connectivity index (χ4n) is 3.31. The van der Waals surface area contributed by atoms with Gasteiger partial charge in [-0.2, -0.15) is 0 Å². The van der Waals surface area contributed by atoms with Gasteiger partial charge in [-0.1, -0.05) is 172 Å². The molecule has 0 atom stereocenters. The largest absolute Gasteiger partial charge is 0.508 e. The molecule has 0 fully saturated rings. The summed E-state index contributed by atoms with van der Waals surface area (Å²) in [7, 11) is 0. The van der Waals surface area contributed by atoms with Crippen LogP contribution in [0.15, 0.2) is 140 Å². The van der Waals surface area contributed by atoms with Gasteiger partial charge in [-0.25, -0.2) is 0 Å². The Balaban J connectivity index is -0.000000498. The highest BCUT2D eigenvalue weighted by Crippen LogP contribution is 2.06. The maximum Gasteiger partial charge on any atom is 0.115 e. The molecule has 5 rings (SSSR count). The van der Waals surface area contributed by atoms with Gasteiger partial charge in [0.25, 0.3) is 0 Å². The number of aromatic hydroxyl groups is 3. The summed E-state index contributed by atoms with van der Waals surface area (Å²) < 4.78 is 0. The first-order valence-corrected chi connectivity index (χ1v) is 17.3. The van der Waals surface area contributed by atoms with Crippen LogP contribution in [0.25, 0.3) is 0 Å². The van der Waals surface area contributed by atoms with E-state index >= 15 is 0 Å². The summed E-state index contributed by atoms with van der Waals surface area (Å²) in [5, 5.41) is 25.9. The van der Waals surface area contributed by atoms with Crippen LogP contribution in [0.1, 0.15) is 91.5 Å². The Bertz CT molecular complexity index is 1070. The molecule has 5 aromatic rings. The molecule has 0 amide bonds. The number of para-hydroxylation sites is 3. The Morgan fingerprint density at radius 2 is 0.426 bits per heavy atom. The van der Waals surface area contributed by atoms with Gasteiger partial charge in [0.1, 0.15) is 17.2 Å². The Hall–Kier alpha value is -4.50. The molecule has 0 aromatic heterocycles. The lowest BCUT2D eigenvalue weighted by molar-refractivity contribution is 0.475. The molecule has 0 radical (unpaired) electrons. The highest BCUT2D eigenvalue weighted by atomic mass is 16.3. The van der Waals surface area contributed by atoms with Crippen molar-refractivity contribution in [3.8, 4) is 17.2 Å². The minimum absolute atomic E-state index is 0.322. The molecule has 3 nitrogen and oxygen atoms in total. The van der Waals surface area contributed by atoms with Crippen LogP contribution in [0.2, 0.25) is 0 Å². The van der Waals surface area contributed by atoms with Crippen LogP contribution in [-0.4, -0.2) is 15.3 Å². The lowest BCUT2D eigenvalue weighted by Crippen LogP contribution is -1.81. The number of hydrogen-bond donors (Lipinski definition) is 3. The normalized spacial score (nSPS) is 8.38. The fourth-order valence-corrected chi connectivity index (χ4v) is 3.31. The average Bonchev–Trinajstić information content (AvgIpc) is 3.16. The van der Waals surface area contributed by atoms with Gasteiger partial charge in [-0.05, 0) is 84.3 Å². The predicted molar refractivity (Wildman–Crippen MR) is 209 cm³/mol. The van der Waals surface area contributed by atoms with Gasteiger partial charge in [0.05, 0.1) is 0 Å². The molecule has 0 aliphatic carbocycles. The van der Waals surface area contributed by atoms with Crippen molar-refractivity contribution in [3.63, 3.8) is 0 Å². The third-order valence-electron chi connectivity index (χ3n) is 5.95. The zero-order valence-corrected chi connectivity index (χ0v) is 30.9. The van der Waals surface area contributed by atoms with Crippen molar-refractivity contribution in [2.24, 2.45) is 0 Å². The minimum atomic E-state index is 0.322. The van der Waals surface area contributed by atoms with E-state index < -0.39 is 0 Å². The first-order chi connectivity index (χ1) is 22.9. The van der Waals surface area contributed by atoms with Gasteiger partial charge in [0.2, 0.25) is 0 Å². The van der Waals surface area contributed by atoms with E-state index in [0.29, 0.717) is 17.2 Å². The number of phenols is 3. The number of aryl methyl sites for hydroxylation is 4. The third kappa shape index (κ3) is 28.7. The quantitative estimate of drug-likeness (QED) is 0.183. The Labute approximate surface area is 288 Å². The second-order valence-corrected chi connectivity index (χ2v) is 9.05. The van der Waals surface area contributed by atoms with E-state index in [4.69, 9.17) is 15.3 Å². The third-order valence-corrected chi connectivity index (χ3v) is 5.95. The monoisotopic (exact) mass is 640 g/mol. The first-order valence-electron chi connectivity index (χ1n) is 17.3. The highest BCUT2D eigenvalue weighted by Gasteiger charge is 1.89. The van der Waals surface area contributed by atoms with Crippen molar-refractivity contribution in [1.29, 1.82) is 0 Å². The van der Waals surface area contributed by atoms with Crippen molar-refractivity contribution in [1.82, 2.24) is 0 Å². The molecule has 0 spiro atoms. The Morgan fingerprint density at radius 3 is 0.511 bits per heavy atom. The first kappa shape index (κ1) is 46.9. The highest BCUT2D eigenvalue weighted by molar-refractivity contribution is 5.23. The standard InChI is InChI=1S/2C10H14.3C6H6O.3C2H6/c2*1-3-9-5-7-10(4-2)8-6-9;3*7-6-4-2-1-3-5-6;3*1-2/h2*5-8H,3-4H2,1-2H3;3*1-5,7H;3*1-2H3. The van der Waals surface area contributed by atoms with Crippen molar-refractivity contribution >= 4 is 0 Å². The molecule has 47 heavy (non-hydrogen) atoms. The second kappa shape index (κ2) is 36.0. The van der Waals surface area contributed by atoms with Crippen molar-refractivity contribution in [2.75, 3.05) is 0 Å². The molecule has 0 heterocycles. The van der Waals surface area contributed by atoms with Crippen LogP contribution in [0, 0.1) is 0 Å². The number of benzene rings is 5. The molecule has 0 aliphatic rings. The van der Waals surface area contributed by atoms with Crippen molar-refractivity contribution in [3.05, 3.63) is 162 Å². The van der Waals surface area contributed by atoms with Crippen molar-refractivity contribution in [2.45, 2.75) is 94.9 Å². The van der Waals surface area contributed by atoms with E-state index in [0.717, 1.165) is 25.7 Å². The van der Waals surface area contributed by atoms with E-state index in [1.807, 2.05) is 59.7 Å². The molecule has 258 valence electrons. The SMILES string of the molecule is CC.CC.CC.CCc1ccc(CC)cc1.CCc1ccc(CC)cc1.Oc1ccccc1.Oc1ccccc1.Oc1ccccc1. The molecule has 0 aliphatic heterocycles. The van der Waals surface area contributed by atoms with Gasteiger partial charge in [-0.3, -0.25) is 0 Å². The number of hydrogen-bond acceptors (Lipinski definition) is 3. The van der Waals surface area contributed by atoms with E-state index in [1.165, 1.54) is 22.3 Å². The van der Waals surface area contributed by atoms with Crippen LogP contribution < -0.4 is 0 Å². The van der Waals surface area contributed by atoms with Crippen LogP contribution >= 0.6 is 0 Å². The fraction of sp³-hybridized carbons (Fsp3) is 0.318. The van der Waals surface area contributed by atoms with Gasteiger partial charge >= 0.3 is 0 Å². The summed E-state index contributed by atoms with van der Waals surface area (Å²) in [4.78, 5) is 0. The average molecular weight is 641 g/mol. The van der Waals surface area contributed by atoms with Gasteiger partial charge in [0, 0.05) is 0 Å². The van der Waals surface area contributed by atoms with Gasteiger partial charge < -0.3 is 15.3 Å². The maximum atomic E-state index is 8.63. The zero-order valence-electron chi connectivity index (χ0n) is 30.9.